The van der Waals surface area contributed by atoms with E-state index in [1.165, 1.54) is 23.4 Å². The van der Waals surface area contributed by atoms with Crippen molar-refractivity contribution >= 4 is 51.6 Å². The highest BCUT2D eigenvalue weighted by Gasteiger charge is 2.45. The minimum atomic E-state index is -1.15. The predicted molar refractivity (Wildman–Crippen MR) is 178 cm³/mol. The first kappa shape index (κ1) is 30.7. The van der Waals surface area contributed by atoms with Gasteiger partial charge in [0.25, 0.3) is 0 Å². The van der Waals surface area contributed by atoms with Crippen LogP contribution >= 0.6 is 34.5 Å². The summed E-state index contributed by atoms with van der Waals surface area (Å²) < 4.78 is 22.3. The minimum Gasteiger partial charge on any atom is -0.491 e. The van der Waals surface area contributed by atoms with Crippen molar-refractivity contribution in [1.82, 2.24) is 24.5 Å². The molecule has 2 aliphatic rings. The molecule has 14 heteroatoms. The Morgan fingerprint density at radius 2 is 1.78 bits per heavy atom. The van der Waals surface area contributed by atoms with Gasteiger partial charge in [-0.2, -0.15) is 10.2 Å². The molecule has 3 aromatic carbocycles. The average molecular weight is 680 g/mol. The van der Waals surface area contributed by atoms with Crippen molar-refractivity contribution in [2.45, 2.75) is 18.4 Å². The molecule has 0 N–H and O–H groups in total. The van der Waals surface area contributed by atoms with Crippen LogP contribution in [0.3, 0.4) is 0 Å². The summed E-state index contributed by atoms with van der Waals surface area (Å²) in [6, 6.07) is 21.9. The van der Waals surface area contributed by atoms with Crippen LogP contribution in [0, 0.1) is 0 Å². The number of nitrogens with zero attached hydrogens (tertiary/aromatic N) is 8. The highest BCUT2D eigenvalue weighted by Crippen LogP contribution is 2.40. The Morgan fingerprint density at radius 1 is 0.978 bits per heavy atom. The number of anilines is 2. The van der Waals surface area contributed by atoms with Gasteiger partial charge in [-0.05, 0) is 54.6 Å². The Kier molecular flexibility index (Phi) is 8.96. The van der Waals surface area contributed by atoms with Crippen LogP contribution in [0.5, 0.6) is 5.75 Å². The van der Waals surface area contributed by atoms with Crippen molar-refractivity contribution in [3.8, 4) is 5.75 Å². The van der Waals surface area contributed by atoms with Crippen molar-refractivity contribution in [2.24, 2.45) is 12.0 Å². The van der Waals surface area contributed by atoms with Crippen LogP contribution in [-0.2, 0) is 28.9 Å². The van der Waals surface area contributed by atoms with Crippen LogP contribution in [0.2, 0.25) is 10.0 Å². The van der Waals surface area contributed by atoms with E-state index in [1.54, 1.807) is 33.3 Å². The van der Waals surface area contributed by atoms with E-state index >= 15 is 0 Å². The van der Waals surface area contributed by atoms with Gasteiger partial charge >= 0.3 is 0 Å². The van der Waals surface area contributed by atoms with E-state index in [0.717, 1.165) is 48.1 Å². The molecule has 11 nitrogen and oxygen atoms in total. The molecule has 0 radical (unpaired) electrons. The standard InChI is InChI=1S/C32H32Cl2N8O3S/c1-39-31(46-22-37-39)38-24-3-2-4-26(16-24)41-13-11-40(12-14-41)25-6-8-27(9-7-25)43-17-28-18-44-32(45-28,19-42-21-35-20-36-42)29-10-5-23(33)15-30(29)34/h2-10,15-16,20-22,28H,11-14,17-19H2,1H3. The van der Waals surface area contributed by atoms with E-state index in [-0.39, 0.29) is 12.6 Å². The van der Waals surface area contributed by atoms with Gasteiger partial charge in [-0.25, -0.2) is 19.3 Å². The third-order valence-corrected chi connectivity index (χ3v) is 9.34. The average Bonchev–Trinajstić information content (AvgIpc) is 3.83. The van der Waals surface area contributed by atoms with E-state index in [2.05, 4.69) is 55.3 Å². The van der Waals surface area contributed by atoms with Gasteiger partial charge in [0.1, 0.15) is 43.2 Å². The number of hydrogen-bond acceptors (Lipinski definition) is 10. The molecule has 4 heterocycles. The maximum atomic E-state index is 6.58. The Labute approximate surface area is 280 Å². The number of piperazine rings is 1. The zero-order chi connectivity index (χ0) is 31.5. The number of benzene rings is 3. The lowest BCUT2D eigenvalue weighted by atomic mass is 10.1. The molecule has 2 aromatic heterocycles. The molecule has 46 heavy (non-hydrogen) atoms. The number of aromatic nitrogens is 5. The zero-order valence-electron chi connectivity index (χ0n) is 25.1. The number of rotatable bonds is 9. The van der Waals surface area contributed by atoms with Crippen molar-refractivity contribution in [3.05, 3.63) is 105 Å². The van der Waals surface area contributed by atoms with Crippen LogP contribution < -0.4 is 19.3 Å². The quantitative estimate of drug-likeness (QED) is 0.208. The molecule has 5 aromatic rings. The monoisotopic (exact) mass is 678 g/mol. The summed E-state index contributed by atoms with van der Waals surface area (Å²) in [6.45, 7) is 4.59. The van der Waals surface area contributed by atoms with Gasteiger partial charge in [0, 0.05) is 55.2 Å². The van der Waals surface area contributed by atoms with Gasteiger partial charge in [0.2, 0.25) is 10.6 Å². The molecule has 238 valence electrons. The van der Waals surface area contributed by atoms with E-state index in [4.69, 9.17) is 42.4 Å². The van der Waals surface area contributed by atoms with E-state index < -0.39 is 5.79 Å². The molecule has 2 atom stereocenters. The maximum Gasteiger partial charge on any atom is 0.217 e. The van der Waals surface area contributed by atoms with Gasteiger partial charge < -0.3 is 24.0 Å². The van der Waals surface area contributed by atoms with Crippen LogP contribution in [0.1, 0.15) is 5.56 Å². The zero-order valence-corrected chi connectivity index (χ0v) is 27.4. The summed E-state index contributed by atoms with van der Waals surface area (Å²) in [4.78, 5) is 14.5. The maximum absolute atomic E-state index is 6.58. The Morgan fingerprint density at radius 3 is 2.50 bits per heavy atom. The van der Waals surface area contributed by atoms with Crippen molar-refractivity contribution in [3.63, 3.8) is 0 Å². The van der Waals surface area contributed by atoms with Crippen LogP contribution in [-0.4, -0.2) is 70.0 Å². The number of ether oxygens (including phenoxy) is 3. The minimum absolute atomic E-state index is 0.277. The molecule has 0 aliphatic carbocycles. The SMILES string of the molecule is Cn1ncsc1=Nc1cccc(N2CCN(c3ccc(OCC4COC(Cn5cncn5)(c5ccc(Cl)cc5Cl)O4)cc3)CC2)c1. The second-order valence-electron chi connectivity index (χ2n) is 11.1. The van der Waals surface area contributed by atoms with Gasteiger partial charge in [0.05, 0.1) is 17.3 Å². The van der Waals surface area contributed by atoms with E-state index in [9.17, 15) is 0 Å². The Bertz CT molecular complexity index is 1840. The molecule has 0 bridgehead atoms. The van der Waals surface area contributed by atoms with Crippen molar-refractivity contribution in [2.75, 3.05) is 49.2 Å². The molecular formula is C32H32Cl2N8O3S. The van der Waals surface area contributed by atoms with Gasteiger partial charge in [-0.1, -0.05) is 46.7 Å². The molecule has 0 amide bonds. The highest BCUT2D eigenvalue weighted by molar-refractivity contribution is 7.06. The summed E-state index contributed by atoms with van der Waals surface area (Å²) in [7, 11) is 1.91. The Balaban J connectivity index is 0.945. The fraction of sp³-hybridized carbons (Fsp3) is 0.312. The van der Waals surface area contributed by atoms with Crippen molar-refractivity contribution in [1.29, 1.82) is 0 Å². The molecule has 7 rings (SSSR count). The molecule has 2 saturated heterocycles. The second kappa shape index (κ2) is 13.4. The normalized spacial score (nSPS) is 20.4. The topological polar surface area (TPSA) is 95.1 Å². The molecule has 0 saturated carbocycles. The third kappa shape index (κ3) is 6.76. The fourth-order valence-electron chi connectivity index (χ4n) is 5.68. The summed E-state index contributed by atoms with van der Waals surface area (Å²) in [5.74, 6) is -0.385. The lowest BCUT2D eigenvalue weighted by molar-refractivity contribution is -0.190. The number of hydrogen-bond donors (Lipinski definition) is 0. The van der Waals surface area contributed by atoms with Gasteiger partial charge in [-0.3, -0.25) is 0 Å². The second-order valence-corrected chi connectivity index (χ2v) is 12.7. The predicted octanol–water partition coefficient (Wildman–Crippen LogP) is 5.29. The van der Waals surface area contributed by atoms with Gasteiger partial charge in [-0.15, -0.1) is 0 Å². The highest BCUT2D eigenvalue weighted by atomic mass is 35.5. The largest absolute Gasteiger partial charge is 0.491 e. The lowest BCUT2D eigenvalue weighted by Crippen LogP contribution is -2.46. The molecular weight excluding hydrogens is 647 g/mol. The van der Waals surface area contributed by atoms with Crippen LogP contribution in [0.4, 0.5) is 17.1 Å². The smallest absolute Gasteiger partial charge is 0.217 e. The van der Waals surface area contributed by atoms with Gasteiger partial charge in [0.15, 0.2) is 0 Å². The summed E-state index contributed by atoms with van der Waals surface area (Å²) in [5, 5.41) is 9.44. The third-order valence-electron chi connectivity index (χ3n) is 8.03. The van der Waals surface area contributed by atoms with Crippen molar-refractivity contribution < 1.29 is 14.2 Å². The Hall–Kier alpha value is -3.94. The number of halogens is 2. The first-order chi connectivity index (χ1) is 22.4. The van der Waals surface area contributed by atoms with E-state index in [0.29, 0.717) is 28.8 Å². The fourth-order valence-corrected chi connectivity index (χ4v) is 6.88. The lowest BCUT2D eigenvalue weighted by Gasteiger charge is -2.37. The molecule has 2 fully saturated rings. The van der Waals surface area contributed by atoms with Crippen LogP contribution in [0.25, 0.3) is 0 Å². The molecule has 2 aliphatic heterocycles. The summed E-state index contributed by atoms with van der Waals surface area (Å²) in [6.07, 6.45) is 2.76. The summed E-state index contributed by atoms with van der Waals surface area (Å²) >= 11 is 14.3. The van der Waals surface area contributed by atoms with Crippen LogP contribution in [0.15, 0.2) is 89.9 Å². The molecule has 2 unspecified atom stereocenters. The first-order valence-electron chi connectivity index (χ1n) is 14.9. The molecule has 0 spiro atoms. The number of aryl methyl sites for hydroxylation is 1. The van der Waals surface area contributed by atoms with E-state index in [1.807, 2.05) is 31.3 Å². The first-order valence-corrected chi connectivity index (χ1v) is 16.5. The summed E-state index contributed by atoms with van der Waals surface area (Å²) in [5.41, 5.74) is 5.75.